The van der Waals surface area contributed by atoms with Gasteiger partial charge in [-0.15, -0.1) is 0 Å². The largest absolute Gasteiger partial charge is 0.378 e. The molecule has 5 heterocycles. The first-order valence-electron chi connectivity index (χ1n) is 17.3. The summed E-state index contributed by atoms with van der Waals surface area (Å²) in [5.74, 6) is 1.84. The normalized spacial score (nSPS) is 21.4. The Bertz CT molecular complexity index is 1520. The fourth-order valence-electron chi connectivity index (χ4n) is 6.98. The topological polar surface area (TPSA) is 137 Å². The first-order valence-corrected chi connectivity index (χ1v) is 17.3. The molecule has 4 saturated heterocycles. The smallest absolute Gasteiger partial charge is 0.323 e. The Labute approximate surface area is 281 Å². The van der Waals surface area contributed by atoms with Gasteiger partial charge in [0.05, 0.1) is 38.5 Å². The van der Waals surface area contributed by atoms with Gasteiger partial charge in [-0.2, -0.15) is 15.0 Å². The molecule has 3 N–H and O–H groups in total. The van der Waals surface area contributed by atoms with Gasteiger partial charge in [-0.3, -0.25) is 4.79 Å². The Hall–Kier alpha value is -4.33. The van der Waals surface area contributed by atoms with Crippen molar-refractivity contribution in [2.45, 2.75) is 50.6 Å². The molecule has 254 valence electrons. The zero-order valence-electron chi connectivity index (χ0n) is 27.4. The number of rotatable bonds is 9. The van der Waals surface area contributed by atoms with E-state index in [4.69, 9.17) is 24.4 Å². The number of amides is 3. The lowest BCUT2D eigenvalue weighted by Crippen LogP contribution is -2.56. The van der Waals surface area contributed by atoms with Gasteiger partial charge in [-0.1, -0.05) is 6.42 Å². The number of carbonyl (C=O) groups excluding carboxylic acids is 2. The lowest BCUT2D eigenvalue weighted by molar-refractivity contribution is 0.0452. The molecule has 2 bridgehead atoms. The van der Waals surface area contributed by atoms with E-state index in [1.165, 1.54) is 25.7 Å². The van der Waals surface area contributed by atoms with E-state index >= 15 is 0 Å². The van der Waals surface area contributed by atoms with E-state index in [0.29, 0.717) is 67.6 Å². The molecule has 4 aliphatic rings. The van der Waals surface area contributed by atoms with Crippen molar-refractivity contribution in [1.82, 2.24) is 25.2 Å². The monoisotopic (exact) mass is 655 g/mol. The molecule has 4 aliphatic heterocycles. The number of nitrogens with one attached hydrogen (secondary N) is 3. The number of nitrogens with zero attached hydrogens (tertiary/aromatic N) is 6. The van der Waals surface area contributed by atoms with Crippen molar-refractivity contribution >= 4 is 35.2 Å². The summed E-state index contributed by atoms with van der Waals surface area (Å²) in [6.45, 7) is 7.81. The Morgan fingerprint density at radius 2 is 1.38 bits per heavy atom. The molecule has 4 fully saturated rings. The molecule has 2 aromatic carbocycles. The van der Waals surface area contributed by atoms with Gasteiger partial charge in [0, 0.05) is 48.7 Å². The molecule has 3 amide bonds. The Morgan fingerprint density at radius 1 is 0.729 bits per heavy atom. The molecule has 7 rings (SSSR count). The maximum absolute atomic E-state index is 12.8. The Balaban J connectivity index is 0.977. The van der Waals surface area contributed by atoms with Crippen LogP contribution < -0.4 is 25.8 Å². The molecule has 2 unspecified atom stereocenters. The van der Waals surface area contributed by atoms with Gasteiger partial charge in [0.2, 0.25) is 11.9 Å². The number of benzene rings is 2. The minimum atomic E-state index is -0.377. The minimum absolute atomic E-state index is 0.113. The van der Waals surface area contributed by atoms with E-state index in [1.54, 1.807) is 24.3 Å². The fourth-order valence-corrected chi connectivity index (χ4v) is 6.98. The first-order chi connectivity index (χ1) is 23.6. The van der Waals surface area contributed by atoms with Crippen LogP contribution in [0.2, 0.25) is 0 Å². The van der Waals surface area contributed by atoms with Crippen LogP contribution in [-0.2, 0) is 9.47 Å². The van der Waals surface area contributed by atoms with Crippen molar-refractivity contribution in [3.63, 3.8) is 0 Å². The van der Waals surface area contributed by atoms with Gasteiger partial charge in [-0.25, -0.2) is 4.79 Å². The Morgan fingerprint density at radius 3 is 2.06 bits per heavy atom. The third-order valence-electron chi connectivity index (χ3n) is 9.59. The van der Waals surface area contributed by atoms with Crippen molar-refractivity contribution in [3.05, 3.63) is 54.1 Å². The molecule has 2 atom stereocenters. The molecule has 48 heavy (non-hydrogen) atoms. The molecule has 1 aromatic heterocycles. The molecular formula is C35H45N9O4. The van der Waals surface area contributed by atoms with E-state index in [0.717, 1.165) is 51.1 Å². The van der Waals surface area contributed by atoms with Crippen molar-refractivity contribution in [2.24, 2.45) is 0 Å². The van der Waals surface area contributed by atoms with Gasteiger partial charge in [-0.05, 0) is 93.7 Å². The third kappa shape index (κ3) is 7.86. The van der Waals surface area contributed by atoms with Crippen LogP contribution in [0.5, 0.6) is 0 Å². The zero-order chi connectivity index (χ0) is 32.7. The van der Waals surface area contributed by atoms with Crippen LogP contribution in [0.3, 0.4) is 0 Å². The average Bonchev–Trinajstić information content (AvgIpc) is 3.12. The molecule has 0 spiro atoms. The number of anilines is 4. The van der Waals surface area contributed by atoms with E-state index in [2.05, 4.69) is 30.7 Å². The summed E-state index contributed by atoms with van der Waals surface area (Å²) < 4.78 is 11.5. The number of piperidine rings is 2. The number of fused-ring (bicyclic) bond motifs is 2. The number of ether oxygens (including phenoxy) is 2. The predicted molar refractivity (Wildman–Crippen MR) is 185 cm³/mol. The van der Waals surface area contributed by atoms with Crippen LogP contribution in [0.4, 0.5) is 28.1 Å². The molecule has 0 aliphatic carbocycles. The van der Waals surface area contributed by atoms with Crippen LogP contribution in [0.15, 0.2) is 48.5 Å². The van der Waals surface area contributed by atoms with Crippen LogP contribution >= 0.6 is 0 Å². The maximum atomic E-state index is 12.8. The summed E-state index contributed by atoms with van der Waals surface area (Å²) in [6, 6.07) is 14.6. The van der Waals surface area contributed by atoms with Crippen LogP contribution in [0, 0.1) is 0 Å². The van der Waals surface area contributed by atoms with E-state index in [1.807, 2.05) is 24.3 Å². The standard InChI is InChI=1S/C35H45N9O4/c45-32(36-15-18-42-16-2-1-3-17-42)26-9-13-28(14-10-26)38-35(46)37-27-11-7-25(8-12-27)31-39-33(43-19-21-47-22-20-43)41-34(40-31)44-29-5-4-6-30(44)24-48-23-29/h7-14,29-30H,1-6,15-24H2,(H,36,45)(H2,37,38,46). The highest BCUT2D eigenvalue weighted by Crippen LogP contribution is 2.33. The second kappa shape index (κ2) is 15.3. The molecule has 0 radical (unpaired) electrons. The van der Waals surface area contributed by atoms with Gasteiger partial charge in [0.1, 0.15) is 0 Å². The maximum Gasteiger partial charge on any atom is 0.323 e. The summed E-state index contributed by atoms with van der Waals surface area (Å²) in [4.78, 5) is 47.1. The van der Waals surface area contributed by atoms with Gasteiger partial charge < -0.3 is 40.1 Å². The summed E-state index contributed by atoms with van der Waals surface area (Å²) in [5.41, 5.74) is 2.62. The van der Waals surface area contributed by atoms with Gasteiger partial charge >= 0.3 is 6.03 Å². The van der Waals surface area contributed by atoms with Crippen LogP contribution in [-0.4, -0.2) is 110 Å². The average molecular weight is 656 g/mol. The number of likely N-dealkylation sites (tertiary alicyclic amines) is 1. The fraction of sp³-hybridized carbons (Fsp3) is 0.514. The number of morpholine rings is 2. The highest BCUT2D eigenvalue weighted by Gasteiger charge is 2.37. The van der Waals surface area contributed by atoms with E-state index < -0.39 is 0 Å². The summed E-state index contributed by atoms with van der Waals surface area (Å²) in [5, 5.41) is 8.73. The van der Waals surface area contributed by atoms with Crippen molar-refractivity contribution in [2.75, 3.05) is 86.1 Å². The summed E-state index contributed by atoms with van der Waals surface area (Å²) >= 11 is 0. The van der Waals surface area contributed by atoms with Gasteiger partial charge in [0.25, 0.3) is 5.91 Å². The predicted octanol–water partition coefficient (Wildman–Crippen LogP) is 3.99. The van der Waals surface area contributed by atoms with Crippen LogP contribution in [0.1, 0.15) is 48.9 Å². The molecule has 3 aromatic rings. The highest BCUT2D eigenvalue weighted by molar-refractivity contribution is 6.00. The summed E-state index contributed by atoms with van der Waals surface area (Å²) in [7, 11) is 0. The SMILES string of the molecule is O=C(Nc1ccc(C(=O)NCCN2CCCCC2)cc1)Nc1ccc(-c2nc(N3CCOCC3)nc(N3C4CCCC3COC4)n2)cc1. The Kier molecular flexibility index (Phi) is 10.2. The number of aromatic nitrogens is 3. The number of urea groups is 1. The number of carbonyl (C=O) groups is 2. The number of hydrogen-bond donors (Lipinski definition) is 3. The van der Waals surface area contributed by atoms with Crippen LogP contribution in [0.25, 0.3) is 11.4 Å². The van der Waals surface area contributed by atoms with Crippen molar-refractivity contribution < 1.29 is 19.1 Å². The zero-order valence-corrected chi connectivity index (χ0v) is 27.4. The lowest BCUT2D eigenvalue weighted by Gasteiger charge is -2.45. The second-order valence-electron chi connectivity index (χ2n) is 12.9. The van der Waals surface area contributed by atoms with Gasteiger partial charge in [0.15, 0.2) is 5.82 Å². The minimum Gasteiger partial charge on any atom is -0.378 e. The lowest BCUT2D eigenvalue weighted by atomic mass is 9.95. The van der Waals surface area contributed by atoms with E-state index in [9.17, 15) is 9.59 Å². The molecule has 13 heteroatoms. The summed E-state index contributed by atoms with van der Waals surface area (Å²) in [6.07, 6.45) is 7.07. The first kappa shape index (κ1) is 32.2. The molecule has 13 nitrogen and oxygen atoms in total. The number of hydrogen-bond acceptors (Lipinski definition) is 10. The molecule has 0 saturated carbocycles. The van der Waals surface area contributed by atoms with E-state index in [-0.39, 0.29) is 24.0 Å². The van der Waals surface area contributed by atoms with Crippen molar-refractivity contribution in [1.29, 1.82) is 0 Å². The molecular weight excluding hydrogens is 610 g/mol. The van der Waals surface area contributed by atoms with Crippen molar-refractivity contribution in [3.8, 4) is 11.4 Å². The quantitative estimate of drug-likeness (QED) is 0.310. The third-order valence-corrected chi connectivity index (χ3v) is 9.59. The second-order valence-corrected chi connectivity index (χ2v) is 12.9. The highest BCUT2D eigenvalue weighted by atomic mass is 16.5.